The fourth-order valence-electron chi connectivity index (χ4n) is 2.65. The van der Waals surface area contributed by atoms with E-state index in [4.69, 9.17) is 9.84 Å². The number of carbonyl (C=O) groups excluding carboxylic acids is 1. The summed E-state index contributed by atoms with van der Waals surface area (Å²) < 4.78 is 5.67. The Morgan fingerprint density at radius 2 is 2.10 bits per heavy atom. The standard InChI is InChI=1S/C14H20N2O4S/c1-7-8(2)20-9(3)12(7)13(17)15-5-4-11-16-10(6-21-11)14(18)19/h6-9,12H,4-5H2,1-3H3,(H,15,17)(H,18,19). The van der Waals surface area contributed by atoms with Crippen molar-refractivity contribution in [3.05, 3.63) is 16.1 Å². The number of ether oxygens (including phenoxy) is 1. The normalized spacial score (nSPS) is 28.5. The molecule has 0 aromatic carbocycles. The maximum Gasteiger partial charge on any atom is 0.355 e. The fraction of sp³-hybridized carbons (Fsp3) is 0.643. The van der Waals surface area contributed by atoms with Crippen LogP contribution in [0.15, 0.2) is 5.38 Å². The van der Waals surface area contributed by atoms with Crippen LogP contribution in [0.3, 0.4) is 0 Å². The van der Waals surface area contributed by atoms with E-state index in [0.717, 1.165) is 0 Å². The number of rotatable bonds is 5. The quantitative estimate of drug-likeness (QED) is 0.861. The molecule has 1 aromatic heterocycles. The van der Waals surface area contributed by atoms with Crippen LogP contribution in [0.5, 0.6) is 0 Å². The molecule has 2 heterocycles. The number of hydrogen-bond donors (Lipinski definition) is 2. The molecule has 0 spiro atoms. The van der Waals surface area contributed by atoms with E-state index >= 15 is 0 Å². The highest BCUT2D eigenvalue weighted by molar-refractivity contribution is 7.09. The summed E-state index contributed by atoms with van der Waals surface area (Å²) in [5.41, 5.74) is 0.0570. The molecule has 0 radical (unpaired) electrons. The van der Waals surface area contributed by atoms with E-state index < -0.39 is 5.97 Å². The van der Waals surface area contributed by atoms with E-state index in [0.29, 0.717) is 18.0 Å². The van der Waals surface area contributed by atoms with E-state index in [2.05, 4.69) is 10.3 Å². The van der Waals surface area contributed by atoms with Crippen LogP contribution in [-0.4, -0.2) is 40.7 Å². The van der Waals surface area contributed by atoms with Crippen LogP contribution >= 0.6 is 11.3 Å². The lowest BCUT2D eigenvalue weighted by molar-refractivity contribution is -0.127. The SMILES string of the molecule is CC1OC(C)C(C(=O)NCCc2nc(C(=O)O)cs2)C1C. The molecule has 1 fully saturated rings. The van der Waals surface area contributed by atoms with Crippen molar-refractivity contribution in [3.63, 3.8) is 0 Å². The van der Waals surface area contributed by atoms with Gasteiger partial charge < -0.3 is 15.2 Å². The van der Waals surface area contributed by atoms with Gasteiger partial charge in [-0.25, -0.2) is 9.78 Å². The summed E-state index contributed by atoms with van der Waals surface area (Å²) in [6.45, 7) is 6.38. The van der Waals surface area contributed by atoms with Crippen LogP contribution < -0.4 is 5.32 Å². The summed E-state index contributed by atoms with van der Waals surface area (Å²) in [5, 5.41) is 13.9. The van der Waals surface area contributed by atoms with E-state index in [1.807, 2.05) is 20.8 Å². The van der Waals surface area contributed by atoms with E-state index in [9.17, 15) is 9.59 Å². The lowest BCUT2D eigenvalue weighted by Crippen LogP contribution is -2.38. The van der Waals surface area contributed by atoms with Crippen molar-refractivity contribution in [1.82, 2.24) is 10.3 Å². The number of thiazole rings is 1. The average molecular weight is 312 g/mol. The molecule has 0 bridgehead atoms. The van der Waals surface area contributed by atoms with Crippen molar-refractivity contribution in [2.24, 2.45) is 11.8 Å². The topological polar surface area (TPSA) is 88.5 Å². The number of carboxylic acids is 1. The van der Waals surface area contributed by atoms with Gasteiger partial charge in [-0.05, 0) is 19.8 Å². The average Bonchev–Trinajstić information content (AvgIpc) is 2.96. The first kappa shape index (κ1) is 15.9. The Labute approximate surface area is 127 Å². The summed E-state index contributed by atoms with van der Waals surface area (Å²) in [5.74, 6) is -0.972. The predicted molar refractivity (Wildman–Crippen MR) is 78.5 cm³/mol. The van der Waals surface area contributed by atoms with Gasteiger partial charge >= 0.3 is 5.97 Å². The van der Waals surface area contributed by atoms with Crippen molar-refractivity contribution in [3.8, 4) is 0 Å². The van der Waals surface area contributed by atoms with Crippen molar-refractivity contribution in [1.29, 1.82) is 0 Å². The molecule has 7 heteroatoms. The Morgan fingerprint density at radius 1 is 1.38 bits per heavy atom. The van der Waals surface area contributed by atoms with Crippen LogP contribution in [0.25, 0.3) is 0 Å². The second-order valence-electron chi connectivity index (χ2n) is 5.40. The lowest BCUT2D eigenvalue weighted by Gasteiger charge is -2.17. The third-order valence-electron chi connectivity index (χ3n) is 3.95. The van der Waals surface area contributed by atoms with Gasteiger partial charge in [0.1, 0.15) is 0 Å². The summed E-state index contributed by atoms with van der Waals surface area (Å²) in [4.78, 5) is 26.9. The minimum Gasteiger partial charge on any atom is -0.476 e. The van der Waals surface area contributed by atoms with Gasteiger partial charge in [-0.3, -0.25) is 4.79 Å². The molecular weight excluding hydrogens is 292 g/mol. The molecule has 116 valence electrons. The minimum atomic E-state index is -1.03. The maximum atomic E-state index is 12.2. The predicted octanol–water partition coefficient (Wildman–Crippen LogP) is 1.56. The minimum absolute atomic E-state index is 0.00522. The maximum absolute atomic E-state index is 12.2. The second kappa shape index (κ2) is 6.53. The number of aromatic carboxylic acids is 1. The molecule has 1 aliphatic heterocycles. The van der Waals surface area contributed by atoms with Crippen LogP contribution in [0.2, 0.25) is 0 Å². The third-order valence-corrected chi connectivity index (χ3v) is 4.86. The van der Waals surface area contributed by atoms with Crippen molar-refractivity contribution in [2.45, 2.75) is 39.4 Å². The highest BCUT2D eigenvalue weighted by Crippen LogP contribution is 2.32. The molecule has 1 saturated heterocycles. The zero-order chi connectivity index (χ0) is 15.6. The molecule has 4 unspecified atom stereocenters. The summed E-state index contributed by atoms with van der Waals surface area (Å²) in [6.07, 6.45) is 0.552. The van der Waals surface area contributed by atoms with Gasteiger partial charge in [0.05, 0.1) is 23.1 Å². The smallest absolute Gasteiger partial charge is 0.355 e. The Kier molecular flexibility index (Phi) is 4.95. The molecule has 2 rings (SSSR count). The number of nitrogens with one attached hydrogen (secondary N) is 1. The summed E-state index contributed by atoms with van der Waals surface area (Å²) in [6, 6.07) is 0. The zero-order valence-corrected chi connectivity index (χ0v) is 13.1. The van der Waals surface area contributed by atoms with Crippen LogP contribution in [-0.2, 0) is 16.0 Å². The molecule has 4 atom stereocenters. The van der Waals surface area contributed by atoms with Gasteiger partial charge in [-0.15, -0.1) is 11.3 Å². The van der Waals surface area contributed by atoms with Crippen molar-refractivity contribution >= 4 is 23.2 Å². The highest BCUT2D eigenvalue weighted by Gasteiger charge is 2.41. The van der Waals surface area contributed by atoms with E-state index in [1.54, 1.807) is 0 Å². The summed E-state index contributed by atoms with van der Waals surface area (Å²) >= 11 is 1.30. The number of hydrogen-bond acceptors (Lipinski definition) is 5. The molecule has 1 aromatic rings. The largest absolute Gasteiger partial charge is 0.476 e. The first-order valence-electron chi connectivity index (χ1n) is 7.01. The fourth-order valence-corrected chi connectivity index (χ4v) is 3.43. The summed E-state index contributed by atoms with van der Waals surface area (Å²) in [7, 11) is 0. The third kappa shape index (κ3) is 3.59. The lowest BCUT2D eigenvalue weighted by atomic mass is 9.89. The van der Waals surface area contributed by atoms with Gasteiger partial charge in [0.2, 0.25) is 5.91 Å². The van der Waals surface area contributed by atoms with Gasteiger partial charge in [0.25, 0.3) is 0 Å². The van der Waals surface area contributed by atoms with E-state index in [-0.39, 0.29) is 35.6 Å². The molecule has 0 aliphatic carbocycles. The van der Waals surface area contributed by atoms with Gasteiger partial charge in [0.15, 0.2) is 5.69 Å². The van der Waals surface area contributed by atoms with Crippen LogP contribution in [0, 0.1) is 11.8 Å². The molecule has 1 amide bonds. The molecule has 6 nitrogen and oxygen atoms in total. The van der Waals surface area contributed by atoms with Gasteiger partial charge in [-0.2, -0.15) is 0 Å². The number of carboxylic acid groups (broad SMARTS) is 1. The van der Waals surface area contributed by atoms with E-state index in [1.165, 1.54) is 16.7 Å². The zero-order valence-electron chi connectivity index (χ0n) is 12.3. The Bertz CT molecular complexity index is 531. The van der Waals surface area contributed by atoms with Crippen molar-refractivity contribution < 1.29 is 19.4 Å². The molecule has 1 aliphatic rings. The number of nitrogens with zero attached hydrogens (tertiary/aromatic N) is 1. The first-order valence-corrected chi connectivity index (χ1v) is 7.89. The second-order valence-corrected chi connectivity index (χ2v) is 6.35. The Balaban J connectivity index is 1.82. The van der Waals surface area contributed by atoms with Gasteiger partial charge in [-0.1, -0.05) is 6.92 Å². The van der Waals surface area contributed by atoms with Crippen LogP contribution in [0.4, 0.5) is 0 Å². The number of aromatic nitrogens is 1. The first-order chi connectivity index (χ1) is 9.90. The van der Waals surface area contributed by atoms with Crippen molar-refractivity contribution in [2.75, 3.05) is 6.54 Å². The monoisotopic (exact) mass is 312 g/mol. The molecule has 0 saturated carbocycles. The van der Waals surface area contributed by atoms with Crippen LogP contribution in [0.1, 0.15) is 36.3 Å². The molecule has 21 heavy (non-hydrogen) atoms. The Morgan fingerprint density at radius 3 is 2.62 bits per heavy atom. The number of carbonyl (C=O) groups is 2. The highest BCUT2D eigenvalue weighted by atomic mass is 32.1. The molecular formula is C14H20N2O4S. The Hall–Kier alpha value is -1.47. The number of amides is 1. The van der Waals surface area contributed by atoms with Gasteiger partial charge in [0, 0.05) is 18.3 Å². The molecule has 2 N–H and O–H groups in total.